The van der Waals surface area contributed by atoms with Crippen LogP contribution < -0.4 is 5.32 Å². The first-order valence-corrected chi connectivity index (χ1v) is 10.4. The fraction of sp³-hybridized carbons (Fsp3) is 0.0769. The number of hydrogen-bond donors (Lipinski definition) is 1. The maximum absolute atomic E-state index is 4.72. The van der Waals surface area contributed by atoms with E-state index in [2.05, 4.69) is 69.0 Å². The van der Waals surface area contributed by atoms with Crippen molar-refractivity contribution in [3.8, 4) is 22.6 Å². The molecule has 2 heterocycles. The molecular weight excluding hydrogens is 396 g/mol. The Morgan fingerprint density at radius 1 is 0.812 bits per heavy atom. The molecule has 0 bridgehead atoms. The van der Waals surface area contributed by atoms with Crippen LogP contribution in [0.15, 0.2) is 97.5 Å². The van der Waals surface area contributed by atoms with Crippen LogP contribution in [-0.2, 0) is 13.5 Å². The molecule has 156 valence electrons. The molecule has 0 radical (unpaired) electrons. The van der Waals surface area contributed by atoms with E-state index in [-0.39, 0.29) is 0 Å². The molecule has 1 N–H and O–H groups in total. The van der Waals surface area contributed by atoms with E-state index in [4.69, 9.17) is 4.98 Å². The SMILES string of the molecule is Cn1cnnc1-c1ccc(Nc2nccc(-c3cccc(Cc4ccccc4)c3)n2)cc1. The minimum Gasteiger partial charge on any atom is -0.324 e. The van der Waals surface area contributed by atoms with E-state index in [1.165, 1.54) is 11.1 Å². The molecule has 0 fully saturated rings. The van der Waals surface area contributed by atoms with Crippen molar-refractivity contribution in [3.05, 3.63) is 109 Å². The van der Waals surface area contributed by atoms with Crippen molar-refractivity contribution in [2.24, 2.45) is 7.05 Å². The number of aromatic nitrogens is 5. The van der Waals surface area contributed by atoms with Crippen molar-refractivity contribution in [3.63, 3.8) is 0 Å². The molecule has 3 aromatic carbocycles. The lowest BCUT2D eigenvalue weighted by atomic mass is 10.0. The molecule has 2 aromatic heterocycles. The summed E-state index contributed by atoms with van der Waals surface area (Å²) in [5.74, 6) is 1.38. The van der Waals surface area contributed by atoms with Crippen molar-refractivity contribution in [1.82, 2.24) is 24.7 Å². The highest BCUT2D eigenvalue weighted by Crippen LogP contribution is 2.23. The molecule has 6 heteroatoms. The summed E-state index contributed by atoms with van der Waals surface area (Å²) in [5.41, 5.74) is 6.40. The molecule has 0 unspecified atom stereocenters. The summed E-state index contributed by atoms with van der Waals surface area (Å²) >= 11 is 0. The molecule has 0 aliphatic carbocycles. The van der Waals surface area contributed by atoms with Gasteiger partial charge in [-0.2, -0.15) is 0 Å². The quantitative estimate of drug-likeness (QED) is 0.407. The number of benzene rings is 3. The fourth-order valence-electron chi connectivity index (χ4n) is 3.63. The minimum atomic E-state index is 0.558. The van der Waals surface area contributed by atoms with Crippen LogP contribution in [0.25, 0.3) is 22.6 Å². The summed E-state index contributed by atoms with van der Waals surface area (Å²) in [6.07, 6.45) is 4.36. The Labute approximate surface area is 186 Å². The third-order valence-corrected chi connectivity index (χ3v) is 5.24. The van der Waals surface area contributed by atoms with E-state index < -0.39 is 0 Å². The normalized spacial score (nSPS) is 10.8. The number of rotatable bonds is 6. The molecule has 0 atom stereocenters. The van der Waals surface area contributed by atoms with Gasteiger partial charge in [-0.05, 0) is 53.9 Å². The number of nitrogens with zero attached hydrogens (tertiary/aromatic N) is 5. The van der Waals surface area contributed by atoms with Gasteiger partial charge in [0.05, 0.1) is 5.69 Å². The summed E-state index contributed by atoms with van der Waals surface area (Å²) in [7, 11) is 1.93. The van der Waals surface area contributed by atoms with E-state index in [0.717, 1.165) is 34.8 Å². The number of aryl methyl sites for hydroxylation is 1. The molecule has 6 nitrogen and oxygen atoms in total. The topological polar surface area (TPSA) is 68.5 Å². The zero-order chi connectivity index (χ0) is 21.8. The Balaban J connectivity index is 1.34. The van der Waals surface area contributed by atoms with Gasteiger partial charge in [0.15, 0.2) is 5.82 Å². The molecule has 0 saturated carbocycles. The summed E-state index contributed by atoms with van der Waals surface area (Å²) in [5, 5.41) is 11.4. The van der Waals surface area contributed by atoms with Crippen molar-refractivity contribution in [1.29, 1.82) is 0 Å². The van der Waals surface area contributed by atoms with E-state index in [9.17, 15) is 0 Å². The van der Waals surface area contributed by atoms with Gasteiger partial charge in [0.2, 0.25) is 5.95 Å². The van der Waals surface area contributed by atoms with Gasteiger partial charge in [-0.15, -0.1) is 10.2 Å². The first-order chi connectivity index (χ1) is 15.7. The fourth-order valence-corrected chi connectivity index (χ4v) is 3.63. The van der Waals surface area contributed by atoms with E-state index in [1.54, 1.807) is 12.5 Å². The number of nitrogens with one attached hydrogen (secondary N) is 1. The van der Waals surface area contributed by atoms with Gasteiger partial charge in [-0.3, -0.25) is 0 Å². The Hall–Kier alpha value is -4.32. The van der Waals surface area contributed by atoms with Gasteiger partial charge in [-0.1, -0.05) is 48.5 Å². The Morgan fingerprint density at radius 3 is 2.41 bits per heavy atom. The van der Waals surface area contributed by atoms with Crippen LogP contribution in [0.2, 0.25) is 0 Å². The Morgan fingerprint density at radius 2 is 1.62 bits per heavy atom. The minimum absolute atomic E-state index is 0.558. The molecule has 0 spiro atoms. The van der Waals surface area contributed by atoms with Crippen molar-refractivity contribution >= 4 is 11.6 Å². The average molecular weight is 419 g/mol. The lowest BCUT2D eigenvalue weighted by Gasteiger charge is -2.09. The second kappa shape index (κ2) is 8.81. The maximum atomic E-state index is 4.72. The van der Waals surface area contributed by atoms with Crippen LogP contribution in [-0.4, -0.2) is 24.7 Å². The van der Waals surface area contributed by atoms with Crippen LogP contribution in [0.3, 0.4) is 0 Å². The second-order valence-corrected chi connectivity index (χ2v) is 7.60. The van der Waals surface area contributed by atoms with Crippen LogP contribution in [0.4, 0.5) is 11.6 Å². The first-order valence-electron chi connectivity index (χ1n) is 10.4. The molecule has 0 saturated heterocycles. The molecular formula is C26H22N6. The highest BCUT2D eigenvalue weighted by molar-refractivity contribution is 5.65. The summed E-state index contributed by atoms with van der Waals surface area (Å²) in [6, 6.07) is 28.9. The molecule has 0 aliphatic rings. The third kappa shape index (κ3) is 4.39. The van der Waals surface area contributed by atoms with Crippen LogP contribution in [0.5, 0.6) is 0 Å². The van der Waals surface area contributed by atoms with Gasteiger partial charge < -0.3 is 9.88 Å². The first kappa shape index (κ1) is 19.6. The lowest BCUT2D eigenvalue weighted by Crippen LogP contribution is -1.98. The molecule has 0 amide bonds. The summed E-state index contributed by atoms with van der Waals surface area (Å²) in [4.78, 5) is 9.11. The second-order valence-electron chi connectivity index (χ2n) is 7.60. The van der Waals surface area contributed by atoms with E-state index in [0.29, 0.717) is 5.95 Å². The van der Waals surface area contributed by atoms with Crippen LogP contribution in [0, 0.1) is 0 Å². The average Bonchev–Trinajstić information content (AvgIpc) is 3.26. The van der Waals surface area contributed by atoms with E-state index in [1.807, 2.05) is 48.0 Å². The number of anilines is 2. The molecule has 5 rings (SSSR count). The molecule has 32 heavy (non-hydrogen) atoms. The van der Waals surface area contributed by atoms with Gasteiger partial charge in [0.1, 0.15) is 6.33 Å². The molecule has 0 aliphatic heterocycles. The predicted molar refractivity (Wildman–Crippen MR) is 126 cm³/mol. The largest absolute Gasteiger partial charge is 0.324 e. The number of hydrogen-bond acceptors (Lipinski definition) is 5. The van der Waals surface area contributed by atoms with Crippen LogP contribution >= 0.6 is 0 Å². The highest BCUT2D eigenvalue weighted by Gasteiger charge is 2.07. The van der Waals surface area contributed by atoms with Gasteiger partial charge in [0, 0.05) is 30.1 Å². The maximum Gasteiger partial charge on any atom is 0.227 e. The predicted octanol–water partition coefficient (Wildman–Crippen LogP) is 5.27. The summed E-state index contributed by atoms with van der Waals surface area (Å²) < 4.78 is 1.89. The van der Waals surface area contributed by atoms with Crippen molar-refractivity contribution in [2.45, 2.75) is 6.42 Å². The zero-order valence-electron chi connectivity index (χ0n) is 17.7. The highest BCUT2D eigenvalue weighted by atomic mass is 15.2. The zero-order valence-corrected chi connectivity index (χ0v) is 17.7. The van der Waals surface area contributed by atoms with Gasteiger partial charge >= 0.3 is 0 Å². The Kier molecular flexibility index (Phi) is 5.41. The lowest BCUT2D eigenvalue weighted by molar-refractivity contribution is 0.920. The Bertz CT molecular complexity index is 1330. The smallest absolute Gasteiger partial charge is 0.227 e. The van der Waals surface area contributed by atoms with Gasteiger partial charge in [-0.25, -0.2) is 9.97 Å². The molecule has 5 aromatic rings. The monoisotopic (exact) mass is 418 g/mol. The van der Waals surface area contributed by atoms with Gasteiger partial charge in [0.25, 0.3) is 0 Å². The van der Waals surface area contributed by atoms with Crippen LogP contribution in [0.1, 0.15) is 11.1 Å². The van der Waals surface area contributed by atoms with Crippen molar-refractivity contribution < 1.29 is 0 Å². The van der Waals surface area contributed by atoms with E-state index >= 15 is 0 Å². The van der Waals surface area contributed by atoms with Crippen molar-refractivity contribution in [2.75, 3.05) is 5.32 Å². The standard InChI is InChI=1S/C26H22N6/c1-32-18-28-31-25(32)21-10-12-23(13-11-21)29-26-27-15-14-24(30-26)22-9-5-8-20(17-22)16-19-6-3-2-4-7-19/h2-15,17-18H,16H2,1H3,(H,27,29,30). The third-order valence-electron chi connectivity index (χ3n) is 5.24. The summed E-state index contributed by atoms with van der Waals surface area (Å²) in [6.45, 7) is 0.